The summed E-state index contributed by atoms with van der Waals surface area (Å²) < 4.78 is 13.6. The van der Waals surface area contributed by atoms with Gasteiger partial charge in [-0.25, -0.2) is 4.98 Å². The molecule has 1 atom stereocenters. The summed E-state index contributed by atoms with van der Waals surface area (Å²) in [6, 6.07) is 4.54. The van der Waals surface area contributed by atoms with Gasteiger partial charge in [-0.2, -0.15) is 0 Å². The molecule has 0 amide bonds. The Morgan fingerprint density at radius 1 is 1.27 bits per heavy atom. The standard InChI is InChI=1S/C18H24N4O2S.ClH/c1-21-5-4-20-18(21)14-11-19-3-6-22(14)12-13-9-15-16(10-17(13)25-2)24-8-7-23-15;/h4-5,9-10,14,19H,3,6-8,11-12H2,1-2H3;1H. The van der Waals surface area contributed by atoms with Gasteiger partial charge in [-0.3, -0.25) is 4.90 Å². The number of hydrogen-bond donors (Lipinski definition) is 1. The number of piperazine rings is 1. The predicted octanol–water partition coefficient (Wildman–Crippen LogP) is 2.48. The van der Waals surface area contributed by atoms with Crippen molar-refractivity contribution >= 4 is 24.2 Å². The van der Waals surface area contributed by atoms with Gasteiger partial charge in [-0.15, -0.1) is 24.2 Å². The van der Waals surface area contributed by atoms with E-state index in [1.165, 1.54) is 10.5 Å². The van der Waals surface area contributed by atoms with Crippen LogP contribution in [0.4, 0.5) is 0 Å². The zero-order valence-corrected chi connectivity index (χ0v) is 16.7. The molecule has 142 valence electrons. The van der Waals surface area contributed by atoms with E-state index in [4.69, 9.17) is 9.47 Å². The van der Waals surface area contributed by atoms with Gasteiger partial charge in [0, 0.05) is 50.5 Å². The lowest BCUT2D eigenvalue weighted by atomic mass is 10.1. The van der Waals surface area contributed by atoms with Gasteiger partial charge in [0.1, 0.15) is 19.0 Å². The molecule has 2 aliphatic rings. The minimum absolute atomic E-state index is 0. The molecule has 0 saturated carbocycles. The first-order valence-corrected chi connectivity index (χ1v) is 9.87. The van der Waals surface area contributed by atoms with Crippen molar-refractivity contribution in [1.29, 1.82) is 0 Å². The monoisotopic (exact) mass is 396 g/mol. The molecule has 8 heteroatoms. The Bertz CT molecular complexity index is 755. The molecule has 1 aromatic carbocycles. The van der Waals surface area contributed by atoms with Gasteiger partial charge in [0.25, 0.3) is 0 Å². The van der Waals surface area contributed by atoms with Gasteiger partial charge in [-0.1, -0.05) is 0 Å². The number of rotatable bonds is 4. The van der Waals surface area contributed by atoms with Gasteiger partial charge in [0.15, 0.2) is 11.5 Å². The lowest BCUT2D eigenvalue weighted by molar-refractivity contribution is 0.142. The maximum Gasteiger partial charge on any atom is 0.162 e. The fraction of sp³-hybridized carbons (Fsp3) is 0.500. The van der Waals surface area contributed by atoms with E-state index in [1.807, 2.05) is 12.4 Å². The fourth-order valence-corrected chi connectivity index (χ4v) is 4.14. The Balaban J connectivity index is 0.00000196. The zero-order valence-electron chi connectivity index (χ0n) is 15.1. The highest BCUT2D eigenvalue weighted by Gasteiger charge is 2.28. The quantitative estimate of drug-likeness (QED) is 0.801. The van der Waals surface area contributed by atoms with E-state index in [0.29, 0.717) is 13.2 Å². The first-order chi connectivity index (χ1) is 12.3. The Kier molecular flexibility index (Phi) is 6.34. The second-order valence-electron chi connectivity index (χ2n) is 6.39. The van der Waals surface area contributed by atoms with E-state index in [9.17, 15) is 0 Å². The number of hydrogen-bond acceptors (Lipinski definition) is 6. The van der Waals surface area contributed by atoms with Gasteiger partial charge in [-0.05, 0) is 24.0 Å². The molecule has 1 saturated heterocycles. The lowest BCUT2D eigenvalue weighted by Gasteiger charge is -2.36. The Morgan fingerprint density at radius 2 is 2.04 bits per heavy atom. The second kappa shape index (κ2) is 8.52. The van der Waals surface area contributed by atoms with Crippen LogP contribution in [0.5, 0.6) is 11.5 Å². The number of imidazole rings is 1. The first kappa shape index (κ1) is 19.4. The summed E-state index contributed by atoms with van der Waals surface area (Å²) in [4.78, 5) is 8.33. The molecule has 1 aromatic heterocycles. The van der Waals surface area contributed by atoms with Crippen molar-refractivity contribution in [3.63, 3.8) is 0 Å². The van der Waals surface area contributed by atoms with Crippen LogP contribution >= 0.6 is 24.2 Å². The molecule has 1 fully saturated rings. The highest BCUT2D eigenvalue weighted by atomic mass is 35.5. The van der Waals surface area contributed by atoms with Crippen LogP contribution in [0.2, 0.25) is 0 Å². The van der Waals surface area contributed by atoms with Crippen LogP contribution in [0.1, 0.15) is 17.4 Å². The van der Waals surface area contributed by atoms with Crippen molar-refractivity contribution in [3.8, 4) is 11.5 Å². The van der Waals surface area contributed by atoms with Gasteiger partial charge >= 0.3 is 0 Å². The average Bonchev–Trinajstić information content (AvgIpc) is 3.07. The molecule has 4 rings (SSSR count). The molecule has 1 unspecified atom stereocenters. The number of halogens is 1. The zero-order chi connectivity index (χ0) is 17.2. The number of ether oxygens (including phenoxy) is 2. The van der Waals surface area contributed by atoms with E-state index < -0.39 is 0 Å². The summed E-state index contributed by atoms with van der Waals surface area (Å²) in [6.45, 7) is 5.05. The van der Waals surface area contributed by atoms with Crippen LogP contribution in [0.3, 0.4) is 0 Å². The largest absolute Gasteiger partial charge is 0.486 e. The van der Waals surface area contributed by atoms with Crippen LogP contribution < -0.4 is 14.8 Å². The van der Waals surface area contributed by atoms with E-state index in [0.717, 1.165) is 43.5 Å². The van der Waals surface area contributed by atoms with E-state index in [2.05, 4.69) is 45.2 Å². The van der Waals surface area contributed by atoms with Crippen molar-refractivity contribution in [2.75, 3.05) is 39.1 Å². The van der Waals surface area contributed by atoms with Gasteiger partial charge in [0.05, 0.1) is 6.04 Å². The van der Waals surface area contributed by atoms with E-state index in [-0.39, 0.29) is 18.4 Å². The van der Waals surface area contributed by atoms with Crippen molar-refractivity contribution < 1.29 is 9.47 Å². The number of aryl methyl sites for hydroxylation is 1. The molecule has 2 aromatic rings. The Labute approximate surface area is 164 Å². The van der Waals surface area contributed by atoms with Crippen LogP contribution in [-0.2, 0) is 13.6 Å². The molecule has 0 spiro atoms. The summed E-state index contributed by atoms with van der Waals surface area (Å²) in [5, 5.41) is 3.50. The summed E-state index contributed by atoms with van der Waals surface area (Å²) in [6.07, 6.45) is 6.00. The topological polar surface area (TPSA) is 51.6 Å². The highest BCUT2D eigenvalue weighted by Crippen LogP contribution is 2.38. The molecule has 2 aliphatic heterocycles. The molecule has 3 heterocycles. The first-order valence-electron chi connectivity index (χ1n) is 8.65. The van der Waals surface area contributed by atoms with Crippen LogP contribution in [-0.4, -0.2) is 53.6 Å². The van der Waals surface area contributed by atoms with E-state index >= 15 is 0 Å². The minimum atomic E-state index is 0. The van der Waals surface area contributed by atoms with Crippen molar-refractivity contribution in [1.82, 2.24) is 19.8 Å². The number of aromatic nitrogens is 2. The molecule has 1 N–H and O–H groups in total. The van der Waals surface area contributed by atoms with Crippen molar-refractivity contribution in [2.24, 2.45) is 7.05 Å². The number of fused-ring (bicyclic) bond motifs is 1. The lowest BCUT2D eigenvalue weighted by Crippen LogP contribution is -2.46. The normalized spacial score (nSPS) is 19.8. The third kappa shape index (κ3) is 3.81. The maximum absolute atomic E-state index is 5.79. The number of nitrogens with one attached hydrogen (secondary N) is 1. The molecule has 26 heavy (non-hydrogen) atoms. The molecule has 0 bridgehead atoms. The minimum Gasteiger partial charge on any atom is -0.486 e. The molecular weight excluding hydrogens is 372 g/mol. The number of thioether (sulfide) groups is 1. The molecular formula is C18H25ClN4O2S. The van der Waals surface area contributed by atoms with Crippen LogP contribution in [0.25, 0.3) is 0 Å². The SMILES string of the molecule is CSc1cc2c(cc1CN1CCNCC1c1nccn1C)OCCO2.Cl. The number of nitrogens with zero attached hydrogens (tertiary/aromatic N) is 3. The highest BCUT2D eigenvalue weighted by molar-refractivity contribution is 7.98. The third-order valence-electron chi connectivity index (χ3n) is 4.83. The van der Waals surface area contributed by atoms with Crippen LogP contribution in [0, 0.1) is 0 Å². The molecule has 0 aliphatic carbocycles. The van der Waals surface area contributed by atoms with Gasteiger partial charge < -0.3 is 19.4 Å². The summed E-state index contributed by atoms with van der Waals surface area (Å²) in [7, 11) is 2.06. The molecule has 0 radical (unpaired) electrons. The summed E-state index contributed by atoms with van der Waals surface area (Å²) >= 11 is 1.76. The summed E-state index contributed by atoms with van der Waals surface area (Å²) in [5.74, 6) is 2.83. The van der Waals surface area contributed by atoms with Crippen LogP contribution in [0.15, 0.2) is 29.4 Å². The van der Waals surface area contributed by atoms with Crippen molar-refractivity contribution in [3.05, 3.63) is 35.9 Å². The third-order valence-corrected chi connectivity index (χ3v) is 5.65. The predicted molar refractivity (Wildman–Crippen MR) is 106 cm³/mol. The van der Waals surface area contributed by atoms with E-state index in [1.54, 1.807) is 11.8 Å². The average molecular weight is 397 g/mol. The fourth-order valence-electron chi connectivity index (χ4n) is 3.53. The number of benzene rings is 1. The van der Waals surface area contributed by atoms with Crippen molar-refractivity contribution in [2.45, 2.75) is 17.5 Å². The maximum atomic E-state index is 5.79. The summed E-state index contributed by atoms with van der Waals surface area (Å²) in [5.41, 5.74) is 1.29. The second-order valence-corrected chi connectivity index (χ2v) is 7.24. The smallest absolute Gasteiger partial charge is 0.162 e. The Hall–Kier alpha value is -1.41. The molecule has 6 nitrogen and oxygen atoms in total. The van der Waals surface area contributed by atoms with Gasteiger partial charge in [0.2, 0.25) is 0 Å². The Morgan fingerprint density at radius 3 is 2.73 bits per heavy atom.